The van der Waals surface area contributed by atoms with Gasteiger partial charge >= 0.3 is 5.97 Å². The molecule has 1 atom stereocenters. The van der Waals surface area contributed by atoms with Gasteiger partial charge in [0, 0.05) is 3.57 Å². The van der Waals surface area contributed by atoms with Crippen molar-refractivity contribution in [3.8, 4) is 0 Å². The van der Waals surface area contributed by atoms with E-state index < -0.39 is 0 Å². The molecule has 0 saturated heterocycles. The molecule has 0 radical (unpaired) electrons. The zero-order valence-corrected chi connectivity index (χ0v) is 10.4. The number of esters is 1. The first-order valence-electron chi connectivity index (χ1n) is 4.45. The van der Waals surface area contributed by atoms with Crippen LogP contribution in [0.2, 0.25) is 0 Å². The topological polar surface area (TPSA) is 26.3 Å². The Morgan fingerprint density at radius 1 is 1.43 bits per heavy atom. The zero-order valence-electron chi connectivity index (χ0n) is 8.29. The van der Waals surface area contributed by atoms with Gasteiger partial charge in [-0.25, -0.2) is 0 Å². The van der Waals surface area contributed by atoms with E-state index in [0.717, 1.165) is 0 Å². The third kappa shape index (κ3) is 3.29. The molecule has 1 unspecified atom stereocenters. The van der Waals surface area contributed by atoms with Crippen LogP contribution in [-0.2, 0) is 9.53 Å². The van der Waals surface area contributed by atoms with E-state index in [1.165, 1.54) is 16.2 Å². The standard InChI is InChI=1S/C11H13IO2/c1-8(7-11(13)14-2)9-3-5-10(12)6-4-9/h3-6,8H,7H2,1-2H3. The van der Waals surface area contributed by atoms with Crippen LogP contribution < -0.4 is 0 Å². The lowest BCUT2D eigenvalue weighted by Crippen LogP contribution is -2.05. The van der Waals surface area contributed by atoms with Gasteiger partial charge in [-0.15, -0.1) is 0 Å². The lowest BCUT2D eigenvalue weighted by atomic mass is 9.98. The normalized spacial score (nSPS) is 12.2. The first-order valence-corrected chi connectivity index (χ1v) is 5.53. The average molecular weight is 304 g/mol. The molecule has 2 nitrogen and oxygen atoms in total. The summed E-state index contributed by atoms with van der Waals surface area (Å²) < 4.78 is 5.83. The van der Waals surface area contributed by atoms with Crippen LogP contribution in [0.15, 0.2) is 24.3 Å². The number of methoxy groups -OCH3 is 1. The molecule has 1 aromatic rings. The summed E-state index contributed by atoms with van der Waals surface area (Å²) in [6.07, 6.45) is 0.442. The van der Waals surface area contributed by atoms with Crippen molar-refractivity contribution in [2.45, 2.75) is 19.3 Å². The molecule has 3 heteroatoms. The minimum absolute atomic E-state index is 0.156. The van der Waals surface area contributed by atoms with Crippen LogP contribution in [0.25, 0.3) is 0 Å². The Bertz CT molecular complexity index is 306. The monoisotopic (exact) mass is 304 g/mol. The second-order valence-corrected chi connectivity index (χ2v) is 4.48. The van der Waals surface area contributed by atoms with E-state index >= 15 is 0 Å². The highest BCUT2D eigenvalue weighted by Crippen LogP contribution is 2.20. The number of halogens is 1. The number of carbonyl (C=O) groups is 1. The molecule has 0 aromatic heterocycles. The summed E-state index contributed by atoms with van der Waals surface area (Å²) in [6.45, 7) is 2.03. The fourth-order valence-electron chi connectivity index (χ4n) is 1.24. The third-order valence-electron chi connectivity index (χ3n) is 2.14. The number of carbonyl (C=O) groups excluding carboxylic acids is 1. The summed E-state index contributed by atoms with van der Waals surface area (Å²) in [5.41, 5.74) is 1.18. The Balaban J connectivity index is 2.65. The molecule has 1 rings (SSSR count). The predicted molar refractivity (Wildman–Crippen MR) is 64.2 cm³/mol. The minimum atomic E-state index is -0.156. The van der Waals surface area contributed by atoms with Crippen LogP contribution in [0.4, 0.5) is 0 Å². The molecule has 1 aromatic carbocycles. The molecule has 0 spiro atoms. The fraction of sp³-hybridized carbons (Fsp3) is 0.364. The van der Waals surface area contributed by atoms with E-state index in [0.29, 0.717) is 6.42 Å². The quantitative estimate of drug-likeness (QED) is 0.634. The van der Waals surface area contributed by atoms with Gasteiger partial charge in [0.15, 0.2) is 0 Å². The average Bonchev–Trinajstić information content (AvgIpc) is 2.18. The Hall–Kier alpha value is -0.580. The molecule has 76 valence electrons. The SMILES string of the molecule is COC(=O)CC(C)c1ccc(I)cc1. The van der Waals surface area contributed by atoms with Crippen molar-refractivity contribution in [2.24, 2.45) is 0 Å². The third-order valence-corrected chi connectivity index (χ3v) is 2.86. The van der Waals surface area contributed by atoms with Gasteiger partial charge in [-0.3, -0.25) is 4.79 Å². The highest BCUT2D eigenvalue weighted by Gasteiger charge is 2.10. The number of benzene rings is 1. The first-order chi connectivity index (χ1) is 6.63. The van der Waals surface area contributed by atoms with Crippen LogP contribution >= 0.6 is 22.6 Å². The maximum atomic E-state index is 11.0. The van der Waals surface area contributed by atoms with Crippen LogP contribution in [0, 0.1) is 3.57 Å². The molecular weight excluding hydrogens is 291 g/mol. The van der Waals surface area contributed by atoms with Gasteiger partial charge in [-0.2, -0.15) is 0 Å². The number of hydrogen-bond donors (Lipinski definition) is 0. The summed E-state index contributed by atoms with van der Waals surface area (Å²) in [4.78, 5) is 11.0. The van der Waals surface area contributed by atoms with Crippen molar-refractivity contribution in [3.63, 3.8) is 0 Å². The summed E-state index contributed by atoms with van der Waals surface area (Å²) in [7, 11) is 1.42. The van der Waals surface area contributed by atoms with Crippen molar-refractivity contribution < 1.29 is 9.53 Å². The van der Waals surface area contributed by atoms with Crippen LogP contribution in [0.1, 0.15) is 24.8 Å². The lowest BCUT2D eigenvalue weighted by molar-refractivity contribution is -0.140. The van der Waals surface area contributed by atoms with Crippen molar-refractivity contribution in [2.75, 3.05) is 7.11 Å². The van der Waals surface area contributed by atoms with E-state index in [-0.39, 0.29) is 11.9 Å². The Morgan fingerprint density at radius 2 is 2.00 bits per heavy atom. The van der Waals surface area contributed by atoms with Gasteiger partial charge in [-0.05, 0) is 46.2 Å². The molecular formula is C11H13IO2. The van der Waals surface area contributed by atoms with E-state index in [1.807, 2.05) is 19.1 Å². The molecule has 0 saturated carbocycles. The smallest absolute Gasteiger partial charge is 0.306 e. The van der Waals surface area contributed by atoms with E-state index in [1.54, 1.807) is 0 Å². The maximum absolute atomic E-state index is 11.0. The van der Waals surface area contributed by atoms with Crippen molar-refractivity contribution in [3.05, 3.63) is 33.4 Å². The minimum Gasteiger partial charge on any atom is -0.469 e. The molecule has 0 aliphatic heterocycles. The molecule has 0 aliphatic rings. The second-order valence-electron chi connectivity index (χ2n) is 3.23. The van der Waals surface area contributed by atoms with Gasteiger partial charge in [0.05, 0.1) is 13.5 Å². The molecule has 0 heterocycles. The lowest BCUT2D eigenvalue weighted by Gasteiger charge is -2.09. The van der Waals surface area contributed by atoms with Crippen molar-refractivity contribution in [1.29, 1.82) is 0 Å². The van der Waals surface area contributed by atoms with Gasteiger partial charge in [-0.1, -0.05) is 19.1 Å². The maximum Gasteiger partial charge on any atom is 0.306 e. The summed E-state index contributed by atoms with van der Waals surface area (Å²) in [5, 5.41) is 0. The highest BCUT2D eigenvalue weighted by molar-refractivity contribution is 14.1. The summed E-state index contributed by atoms with van der Waals surface area (Å²) in [6, 6.07) is 8.19. The first kappa shape index (κ1) is 11.5. The van der Waals surface area contributed by atoms with Gasteiger partial charge in [0.2, 0.25) is 0 Å². The van der Waals surface area contributed by atoms with E-state index in [2.05, 4.69) is 39.5 Å². The Kier molecular flexibility index (Phi) is 4.38. The summed E-state index contributed by atoms with van der Waals surface area (Å²) >= 11 is 2.26. The van der Waals surface area contributed by atoms with Gasteiger partial charge < -0.3 is 4.74 Å². The number of hydrogen-bond acceptors (Lipinski definition) is 2. The highest BCUT2D eigenvalue weighted by atomic mass is 127. The predicted octanol–water partition coefficient (Wildman–Crippen LogP) is 2.96. The molecule has 0 aliphatic carbocycles. The number of rotatable bonds is 3. The van der Waals surface area contributed by atoms with Crippen LogP contribution in [0.5, 0.6) is 0 Å². The Morgan fingerprint density at radius 3 is 2.50 bits per heavy atom. The largest absolute Gasteiger partial charge is 0.469 e. The number of ether oxygens (including phenoxy) is 1. The van der Waals surface area contributed by atoms with E-state index in [4.69, 9.17) is 0 Å². The van der Waals surface area contributed by atoms with Crippen molar-refractivity contribution >= 4 is 28.6 Å². The molecule has 14 heavy (non-hydrogen) atoms. The molecule has 0 bridgehead atoms. The van der Waals surface area contributed by atoms with Crippen LogP contribution in [0.3, 0.4) is 0 Å². The summed E-state index contributed by atoms with van der Waals surface area (Å²) in [5.74, 6) is 0.0653. The molecule has 0 amide bonds. The van der Waals surface area contributed by atoms with Crippen LogP contribution in [-0.4, -0.2) is 13.1 Å². The Labute approximate surface area is 97.8 Å². The van der Waals surface area contributed by atoms with Crippen molar-refractivity contribution in [1.82, 2.24) is 0 Å². The molecule has 0 fully saturated rings. The van der Waals surface area contributed by atoms with Gasteiger partial charge in [0.25, 0.3) is 0 Å². The van der Waals surface area contributed by atoms with Gasteiger partial charge in [0.1, 0.15) is 0 Å². The fourth-order valence-corrected chi connectivity index (χ4v) is 1.60. The zero-order chi connectivity index (χ0) is 10.6. The van der Waals surface area contributed by atoms with E-state index in [9.17, 15) is 4.79 Å². The second kappa shape index (κ2) is 5.34. The molecule has 0 N–H and O–H groups in total.